The second-order valence-electron chi connectivity index (χ2n) is 5.30. The van der Waals surface area contributed by atoms with Gasteiger partial charge in [-0.2, -0.15) is 5.26 Å². The summed E-state index contributed by atoms with van der Waals surface area (Å²) in [5.41, 5.74) is 2.63. The molecule has 0 spiro atoms. The second kappa shape index (κ2) is 5.78. The van der Waals surface area contributed by atoms with Crippen LogP contribution in [-0.2, 0) is 11.3 Å². The minimum absolute atomic E-state index is 0.658. The van der Waals surface area contributed by atoms with Crippen LogP contribution in [0.4, 0.5) is 0 Å². The molecule has 0 atom stereocenters. The Morgan fingerprint density at radius 3 is 3.05 bits per heavy atom. The van der Waals surface area contributed by atoms with Crippen molar-refractivity contribution in [2.24, 2.45) is 5.92 Å². The molecule has 5 heteroatoms. The molecule has 3 rings (SSSR count). The normalized spacial score (nSPS) is 14.6. The summed E-state index contributed by atoms with van der Waals surface area (Å²) in [5.74, 6) is 0.809. The predicted molar refractivity (Wildman–Crippen MR) is 80.0 cm³/mol. The number of hydrogen-bond donors (Lipinski definition) is 1. The van der Waals surface area contributed by atoms with Gasteiger partial charge in [-0.05, 0) is 55.6 Å². The van der Waals surface area contributed by atoms with Crippen molar-refractivity contribution in [2.75, 3.05) is 13.2 Å². The van der Waals surface area contributed by atoms with Gasteiger partial charge in [-0.3, -0.25) is 0 Å². The topological polar surface area (TPSA) is 53.7 Å². The van der Waals surface area contributed by atoms with E-state index in [4.69, 9.17) is 22.2 Å². The molecule has 0 bridgehead atoms. The maximum atomic E-state index is 8.98. The number of aryl methyl sites for hydroxylation is 1. The quantitative estimate of drug-likeness (QED) is 0.654. The minimum Gasteiger partial charge on any atom is -0.381 e. The van der Waals surface area contributed by atoms with E-state index in [-0.39, 0.29) is 0 Å². The molecular weight excluding hydrogens is 270 g/mol. The number of nitriles is 1. The number of aromatic amines is 1. The molecule has 1 aliphatic rings. The summed E-state index contributed by atoms with van der Waals surface area (Å²) in [6.45, 7) is 2.49. The van der Waals surface area contributed by atoms with Gasteiger partial charge < -0.3 is 14.3 Å². The van der Waals surface area contributed by atoms with E-state index >= 15 is 0 Å². The first kappa shape index (κ1) is 13.3. The summed E-state index contributed by atoms with van der Waals surface area (Å²) in [6, 6.07) is 7.76. The number of fused-ring (bicyclic) bond motifs is 1. The second-order valence-corrected chi connectivity index (χ2v) is 5.68. The number of ether oxygens (including phenoxy) is 1. The van der Waals surface area contributed by atoms with Crippen molar-refractivity contribution in [1.29, 1.82) is 5.26 Å². The Morgan fingerprint density at radius 1 is 1.45 bits per heavy atom. The Balaban J connectivity index is 1.67. The lowest BCUT2D eigenvalue weighted by atomic mass is 10.2. The molecule has 4 nitrogen and oxygen atoms in total. The van der Waals surface area contributed by atoms with Gasteiger partial charge in [0.1, 0.15) is 0 Å². The van der Waals surface area contributed by atoms with Crippen molar-refractivity contribution in [3.63, 3.8) is 0 Å². The van der Waals surface area contributed by atoms with E-state index in [9.17, 15) is 0 Å². The summed E-state index contributed by atoms with van der Waals surface area (Å²) in [4.78, 5) is 3.18. The van der Waals surface area contributed by atoms with Crippen molar-refractivity contribution < 1.29 is 4.74 Å². The molecule has 20 heavy (non-hydrogen) atoms. The van der Waals surface area contributed by atoms with Crippen molar-refractivity contribution in [3.05, 3.63) is 28.5 Å². The smallest absolute Gasteiger partial charge is 0.178 e. The SMILES string of the molecule is N#Cc1ccc2[nH]c(=S)n(CCCOCC3CC3)c2c1. The average Bonchev–Trinajstić information content (AvgIpc) is 3.22. The lowest BCUT2D eigenvalue weighted by Crippen LogP contribution is -2.04. The molecular formula is C15H17N3OS. The van der Waals surface area contributed by atoms with Crippen LogP contribution < -0.4 is 0 Å². The van der Waals surface area contributed by atoms with Crippen LogP contribution in [-0.4, -0.2) is 22.8 Å². The Hall–Kier alpha value is -1.64. The molecule has 104 valence electrons. The van der Waals surface area contributed by atoms with Crippen LogP contribution in [0.15, 0.2) is 18.2 Å². The number of imidazole rings is 1. The summed E-state index contributed by atoms with van der Waals surface area (Å²) in [7, 11) is 0. The highest BCUT2D eigenvalue weighted by Gasteiger charge is 2.20. The van der Waals surface area contributed by atoms with Gasteiger partial charge in [0.25, 0.3) is 0 Å². The number of nitrogens with one attached hydrogen (secondary N) is 1. The zero-order valence-electron chi connectivity index (χ0n) is 11.3. The molecule has 0 amide bonds. The van der Waals surface area contributed by atoms with Crippen molar-refractivity contribution in [2.45, 2.75) is 25.8 Å². The van der Waals surface area contributed by atoms with Crippen molar-refractivity contribution in [3.8, 4) is 6.07 Å². The van der Waals surface area contributed by atoms with E-state index in [0.717, 1.165) is 43.1 Å². The number of aromatic nitrogens is 2. The lowest BCUT2D eigenvalue weighted by Gasteiger charge is -2.06. The zero-order chi connectivity index (χ0) is 13.9. The van der Waals surface area contributed by atoms with Crippen molar-refractivity contribution in [1.82, 2.24) is 9.55 Å². The standard InChI is InChI=1S/C15H17N3OS/c16-9-12-4-5-13-14(8-12)18(15(20)17-13)6-1-7-19-10-11-2-3-11/h4-5,8,11H,1-3,6-7,10H2,(H,17,20). The number of H-pyrrole nitrogens is 1. The van der Waals surface area contributed by atoms with E-state index in [1.807, 2.05) is 16.7 Å². The van der Waals surface area contributed by atoms with Gasteiger partial charge in [0.15, 0.2) is 4.77 Å². The van der Waals surface area contributed by atoms with Crippen LogP contribution >= 0.6 is 12.2 Å². The van der Waals surface area contributed by atoms with E-state index in [1.165, 1.54) is 12.8 Å². The number of hydrogen-bond acceptors (Lipinski definition) is 3. The average molecular weight is 287 g/mol. The highest BCUT2D eigenvalue weighted by atomic mass is 32.1. The Bertz CT molecular complexity index is 706. The van der Waals surface area contributed by atoms with Crippen molar-refractivity contribution >= 4 is 23.3 Å². The summed E-state index contributed by atoms with van der Waals surface area (Å²) in [6.07, 6.45) is 3.58. The monoisotopic (exact) mass is 287 g/mol. The van der Waals surface area contributed by atoms with Crippen LogP contribution in [0.1, 0.15) is 24.8 Å². The van der Waals surface area contributed by atoms with Gasteiger partial charge in [-0.1, -0.05) is 0 Å². The molecule has 0 radical (unpaired) electrons. The third-order valence-electron chi connectivity index (χ3n) is 3.63. The molecule has 1 aromatic heterocycles. The van der Waals surface area contributed by atoms with Crippen LogP contribution in [0.2, 0.25) is 0 Å². The fourth-order valence-corrected chi connectivity index (χ4v) is 2.60. The molecule has 0 unspecified atom stereocenters. The lowest BCUT2D eigenvalue weighted by molar-refractivity contribution is 0.119. The van der Waals surface area contributed by atoms with E-state index < -0.39 is 0 Å². The molecule has 1 heterocycles. The Labute approximate surface area is 123 Å². The highest BCUT2D eigenvalue weighted by molar-refractivity contribution is 7.71. The number of rotatable bonds is 6. The largest absolute Gasteiger partial charge is 0.381 e. The van der Waals surface area contributed by atoms with Crippen LogP contribution in [0.3, 0.4) is 0 Å². The molecule has 0 aliphatic heterocycles. The maximum absolute atomic E-state index is 8.98. The fraction of sp³-hybridized carbons (Fsp3) is 0.467. The van der Waals surface area contributed by atoms with E-state index in [1.54, 1.807) is 6.07 Å². The first-order valence-corrected chi connectivity index (χ1v) is 7.39. The Kier molecular flexibility index (Phi) is 3.86. The van der Waals surface area contributed by atoms with Gasteiger partial charge in [0.2, 0.25) is 0 Å². The fourth-order valence-electron chi connectivity index (χ4n) is 2.30. The molecule has 0 saturated heterocycles. The number of nitrogens with zero attached hydrogens (tertiary/aromatic N) is 2. The van der Waals surface area contributed by atoms with Gasteiger partial charge in [0.05, 0.1) is 22.7 Å². The maximum Gasteiger partial charge on any atom is 0.178 e. The molecule has 1 saturated carbocycles. The first-order chi connectivity index (χ1) is 9.78. The first-order valence-electron chi connectivity index (χ1n) is 6.98. The summed E-state index contributed by atoms with van der Waals surface area (Å²) in [5, 5.41) is 8.98. The molecule has 1 aliphatic carbocycles. The molecule has 1 aromatic carbocycles. The third kappa shape index (κ3) is 2.92. The molecule has 1 N–H and O–H groups in total. The van der Waals surface area contributed by atoms with Gasteiger partial charge >= 0.3 is 0 Å². The minimum atomic E-state index is 0.658. The van der Waals surface area contributed by atoms with E-state index in [2.05, 4.69) is 11.1 Å². The van der Waals surface area contributed by atoms with Crippen LogP contribution in [0.25, 0.3) is 11.0 Å². The van der Waals surface area contributed by atoms with Gasteiger partial charge in [-0.25, -0.2) is 0 Å². The molecule has 1 fully saturated rings. The summed E-state index contributed by atoms with van der Waals surface area (Å²) < 4.78 is 8.40. The Morgan fingerprint density at radius 2 is 2.30 bits per heavy atom. The number of benzene rings is 1. The summed E-state index contributed by atoms with van der Waals surface area (Å²) >= 11 is 5.35. The third-order valence-corrected chi connectivity index (χ3v) is 3.95. The van der Waals surface area contributed by atoms with E-state index in [0.29, 0.717) is 10.3 Å². The van der Waals surface area contributed by atoms with Gasteiger partial charge in [0, 0.05) is 19.8 Å². The van der Waals surface area contributed by atoms with Crippen LogP contribution in [0, 0.1) is 22.0 Å². The van der Waals surface area contributed by atoms with Crippen LogP contribution in [0.5, 0.6) is 0 Å². The molecule has 2 aromatic rings. The highest BCUT2D eigenvalue weighted by Crippen LogP contribution is 2.28. The zero-order valence-corrected chi connectivity index (χ0v) is 12.1. The predicted octanol–water partition coefficient (Wildman–Crippen LogP) is 3.39. The van der Waals surface area contributed by atoms with Gasteiger partial charge in [-0.15, -0.1) is 0 Å².